The van der Waals surface area contributed by atoms with Crippen molar-refractivity contribution >= 4 is 16.8 Å². The van der Waals surface area contributed by atoms with Crippen LogP contribution in [0.3, 0.4) is 0 Å². The van der Waals surface area contributed by atoms with Crippen LogP contribution in [0.5, 0.6) is 0 Å². The van der Waals surface area contributed by atoms with Crippen molar-refractivity contribution in [3.05, 3.63) is 34.6 Å². The van der Waals surface area contributed by atoms with Crippen LogP contribution in [0.1, 0.15) is 32.7 Å². The van der Waals surface area contributed by atoms with E-state index in [-0.39, 0.29) is 17.4 Å². The van der Waals surface area contributed by atoms with Gasteiger partial charge in [-0.15, -0.1) is 5.10 Å². The largest absolute Gasteiger partial charge is 0.341 e. The highest BCUT2D eigenvalue weighted by Crippen LogP contribution is 2.21. The second kappa shape index (κ2) is 5.87. The molecule has 1 aromatic carbocycles. The zero-order valence-corrected chi connectivity index (χ0v) is 12.9. The quantitative estimate of drug-likeness (QED) is 0.863. The molecule has 0 saturated carbocycles. The van der Waals surface area contributed by atoms with Crippen LogP contribution in [0, 0.1) is 5.92 Å². The number of hydrogen-bond acceptors (Lipinski definition) is 4. The Morgan fingerprint density at radius 1 is 1.18 bits per heavy atom. The lowest BCUT2D eigenvalue weighted by Crippen LogP contribution is -2.42. The van der Waals surface area contributed by atoms with Crippen LogP contribution < -0.4 is 5.56 Å². The molecular weight excluding hydrogens is 280 g/mol. The second-order valence-electron chi connectivity index (χ2n) is 6.08. The van der Waals surface area contributed by atoms with Gasteiger partial charge in [-0.1, -0.05) is 31.2 Å². The normalized spacial score (nSPS) is 16.4. The van der Waals surface area contributed by atoms with Gasteiger partial charge in [-0.25, -0.2) is 0 Å². The Bertz CT molecular complexity index is 747. The lowest BCUT2D eigenvalue weighted by Gasteiger charge is -2.26. The molecule has 116 valence electrons. The van der Waals surface area contributed by atoms with Gasteiger partial charge in [0.1, 0.15) is 11.6 Å². The maximum absolute atomic E-state index is 12.8. The molecule has 0 radical (unpaired) electrons. The fraction of sp³-hybridized carbons (Fsp3) is 0.500. The highest BCUT2D eigenvalue weighted by Gasteiger charge is 2.32. The summed E-state index contributed by atoms with van der Waals surface area (Å²) in [5.74, 6) is -0.0551. The summed E-state index contributed by atoms with van der Waals surface area (Å²) < 4.78 is 1.26. The molecule has 0 spiro atoms. The van der Waals surface area contributed by atoms with E-state index >= 15 is 0 Å². The smallest absolute Gasteiger partial charge is 0.278 e. The molecule has 1 aromatic heterocycles. The highest BCUT2D eigenvalue weighted by atomic mass is 16.2. The molecule has 1 fully saturated rings. The SMILES string of the molecule is CC(C)[C@@H](C(=O)N1CCCC1)n1nnc2ccccc2c1=O. The molecular formula is C16H20N4O2. The van der Waals surface area contributed by atoms with Crippen molar-refractivity contribution in [2.24, 2.45) is 5.92 Å². The molecule has 6 nitrogen and oxygen atoms in total. The maximum Gasteiger partial charge on any atom is 0.278 e. The van der Waals surface area contributed by atoms with Crippen molar-refractivity contribution in [1.29, 1.82) is 0 Å². The third-order valence-electron chi connectivity index (χ3n) is 4.16. The first-order chi connectivity index (χ1) is 10.6. The lowest BCUT2D eigenvalue weighted by molar-refractivity contribution is -0.135. The molecule has 2 aromatic rings. The van der Waals surface area contributed by atoms with Gasteiger partial charge in [-0.3, -0.25) is 9.59 Å². The molecule has 3 rings (SSSR count). The predicted molar refractivity (Wildman–Crippen MR) is 83.5 cm³/mol. The van der Waals surface area contributed by atoms with E-state index in [0.717, 1.165) is 25.9 Å². The Hall–Kier alpha value is -2.24. The van der Waals surface area contributed by atoms with Gasteiger partial charge in [0.15, 0.2) is 0 Å². The molecule has 2 heterocycles. The minimum Gasteiger partial charge on any atom is -0.341 e. The van der Waals surface area contributed by atoms with Crippen molar-refractivity contribution in [1.82, 2.24) is 19.9 Å². The molecule has 1 amide bonds. The maximum atomic E-state index is 12.8. The monoisotopic (exact) mass is 300 g/mol. The molecule has 0 aliphatic carbocycles. The standard InChI is InChI=1S/C16H20N4O2/c1-11(2)14(16(22)19-9-5-6-10-19)20-15(21)12-7-3-4-8-13(12)17-18-20/h3-4,7-8,11,14H,5-6,9-10H2,1-2H3/t14-/m0/s1. The number of nitrogens with zero attached hydrogens (tertiary/aromatic N) is 4. The zero-order valence-electron chi connectivity index (χ0n) is 12.9. The average molecular weight is 300 g/mol. The van der Waals surface area contributed by atoms with E-state index in [0.29, 0.717) is 10.9 Å². The number of amides is 1. The summed E-state index contributed by atoms with van der Waals surface area (Å²) in [6.07, 6.45) is 2.05. The summed E-state index contributed by atoms with van der Waals surface area (Å²) in [6.45, 7) is 5.39. The van der Waals surface area contributed by atoms with Crippen molar-refractivity contribution < 1.29 is 4.79 Å². The van der Waals surface area contributed by atoms with Gasteiger partial charge in [-0.05, 0) is 30.9 Å². The summed E-state index contributed by atoms with van der Waals surface area (Å²) in [5, 5.41) is 8.62. The Balaban J connectivity index is 2.07. The van der Waals surface area contributed by atoms with Gasteiger partial charge in [0, 0.05) is 13.1 Å². The van der Waals surface area contributed by atoms with E-state index in [4.69, 9.17) is 0 Å². The second-order valence-corrected chi connectivity index (χ2v) is 6.08. The van der Waals surface area contributed by atoms with Crippen LogP contribution in [-0.2, 0) is 4.79 Å². The first-order valence-electron chi connectivity index (χ1n) is 7.72. The van der Waals surface area contributed by atoms with Gasteiger partial charge in [0.05, 0.1) is 5.39 Å². The number of fused-ring (bicyclic) bond motifs is 1. The molecule has 1 saturated heterocycles. The van der Waals surface area contributed by atoms with Gasteiger partial charge in [0.25, 0.3) is 5.56 Å². The van der Waals surface area contributed by atoms with E-state index in [9.17, 15) is 9.59 Å². The van der Waals surface area contributed by atoms with Gasteiger partial charge < -0.3 is 4.90 Å². The summed E-state index contributed by atoms with van der Waals surface area (Å²) >= 11 is 0. The summed E-state index contributed by atoms with van der Waals surface area (Å²) in [5.41, 5.74) is 0.303. The van der Waals surface area contributed by atoms with E-state index < -0.39 is 6.04 Å². The van der Waals surface area contributed by atoms with E-state index in [1.165, 1.54) is 4.68 Å². The van der Waals surface area contributed by atoms with Crippen LogP contribution in [0.4, 0.5) is 0 Å². The van der Waals surface area contributed by atoms with Crippen molar-refractivity contribution in [3.63, 3.8) is 0 Å². The Labute approximate surface area is 128 Å². The fourth-order valence-electron chi connectivity index (χ4n) is 2.98. The summed E-state index contributed by atoms with van der Waals surface area (Å²) in [7, 11) is 0. The predicted octanol–water partition coefficient (Wildman–Crippen LogP) is 1.61. The number of carbonyl (C=O) groups is 1. The Morgan fingerprint density at radius 3 is 2.55 bits per heavy atom. The minimum absolute atomic E-state index is 0.0266. The van der Waals surface area contributed by atoms with Crippen molar-refractivity contribution in [2.75, 3.05) is 13.1 Å². The van der Waals surface area contributed by atoms with E-state index in [1.54, 1.807) is 18.2 Å². The average Bonchev–Trinajstić information content (AvgIpc) is 3.04. The van der Waals surface area contributed by atoms with Crippen molar-refractivity contribution in [2.45, 2.75) is 32.7 Å². The zero-order chi connectivity index (χ0) is 15.7. The van der Waals surface area contributed by atoms with Crippen LogP contribution >= 0.6 is 0 Å². The van der Waals surface area contributed by atoms with Crippen LogP contribution in [-0.4, -0.2) is 38.9 Å². The summed E-state index contributed by atoms with van der Waals surface area (Å²) in [4.78, 5) is 27.3. The van der Waals surface area contributed by atoms with Crippen LogP contribution in [0.2, 0.25) is 0 Å². The van der Waals surface area contributed by atoms with Crippen LogP contribution in [0.25, 0.3) is 10.9 Å². The first-order valence-corrected chi connectivity index (χ1v) is 7.72. The number of aromatic nitrogens is 3. The molecule has 1 aliphatic heterocycles. The number of carbonyl (C=O) groups excluding carboxylic acids is 1. The Morgan fingerprint density at radius 2 is 1.86 bits per heavy atom. The highest BCUT2D eigenvalue weighted by molar-refractivity contribution is 5.82. The number of benzene rings is 1. The molecule has 0 unspecified atom stereocenters. The van der Waals surface area contributed by atoms with Gasteiger partial charge in [0.2, 0.25) is 5.91 Å². The molecule has 0 bridgehead atoms. The number of hydrogen-bond donors (Lipinski definition) is 0. The number of likely N-dealkylation sites (tertiary alicyclic amines) is 1. The molecule has 22 heavy (non-hydrogen) atoms. The molecule has 6 heteroatoms. The van der Waals surface area contributed by atoms with E-state index in [1.807, 2.05) is 24.8 Å². The third-order valence-corrected chi connectivity index (χ3v) is 4.16. The topological polar surface area (TPSA) is 68.1 Å². The van der Waals surface area contributed by atoms with E-state index in [2.05, 4.69) is 10.3 Å². The molecule has 1 atom stereocenters. The fourth-order valence-corrected chi connectivity index (χ4v) is 2.98. The third kappa shape index (κ3) is 2.49. The first kappa shape index (κ1) is 14.7. The molecule has 1 aliphatic rings. The van der Waals surface area contributed by atoms with Gasteiger partial charge >= 0.3 is 0 Å². The Kier molecular flexibility index (Phi) is 3.92. The van der Waals surface area contributed by atoms with Crippen LogP contribution in [0.15, 0.2) is 29.1 Å². The lowest BCUT2D eigenvalue weighted by atomic mass is 10.0. The molecule has 0 N–H and O–H groups in total. The summed E-state index contributed by atoms with van der Waals surface area (Å²) in [6, 6.07) is 6.49. The number of rotatable bonds is 3. The van der Waals surface area contributed by atoms with Gasteiger partial charge in [-0.2, -0.15) is 4.68 Å². The van der Waals surface area contributed by atoms with Crippen molar-refractivity contribution in [3.8, 4) is 0 Å². The minimum atomic E-state index is -0.595.